The highest BCUT2D eigenvalue weighted by molar-refractivity contribution is 5.94. The van der Waals surface area contributed by atoms with Crippen molar-refractivity contribution in [3.63, 3.8) is 0 Å². The minimum Gasteiger partial charge on any atom is -0.364 e. The monoisotopic (exact) mass is 287 g/mol. The number of amides is 1. The molecule has 0 spiro atoms. The van der Waals surface area contributed by atoms with Gasteiger partial charge in [-0.15, -0.1) is 0 Å². The van der Waals surface area contributed by atoms with Crippen LogP contribution < -0.4 is 5.73 Å². The molecule has 1 aromatic heterocycles. The normalized spacial score (nSPS) is 22.4. The van der Waals surface area contributed by atoms with Crippen LogP contribution in [0.5, 0.6) is 0 Å². The molecule has 1 saturated carbocycles. The zero-order valence-corrected chi connectivity index (χ0v) is 12.0. The van der Waals surface area contributed by atoms with Gasteiger partial charge in [0.25, 0.3) is 5.91 Å². The quantitative estimate of drug-likeness (QED) is 0.922. The lowest BCUT2D eigenvalue weighted by Crippen LogP contribution is -2.21. The number of hydrogen-bond acceptors (Lipinski definition) is 3. The van der Waals surface area contributed by atoms with Gasteiger partial charge >= 0.3 is 0 Å². The highest BCUT2D eigenvalue weighted by Crippen LogP contribution is 2.36. The summed E-state index contributed by atoms with van der Waals surface area (Å²) in [4.78, 5) is 20.3. The van der Waals surface area contributed by atoms with Crippen LogP contribution in [0.2, 0.25) is 0 Å². The molecule has 2 N–H and O–H groups in total. The van der Waals surface area contributed by atoms with E-state index < -0.39 is 11.7 Å². The van der Waals surface area contributed by atoms with Gasteiger partial charge in [0.2, 0.25) is 0 Å². The van der Waals surface area contributed by atoms with Crippen molar-refractivity contribution >= 4 is 16.9 Å². The molecule has 3 rings (SSSR count). The van der Waals surface area contributed by atoms with Gasteiger partial charge in [0.1, 0.15) is 11.2 Å². The van der Waals surface area contributed by atoms with Gasteiger partial charge < -0.3 is 5.73 Å². The Hall–Kier alpha value is -2.04. The number of carbonyl (C=O) groups excluding carboxylic acids is 1. The van der Waals surface area contributed by atoms with E-state index in [9.17, 15) is 9.18 Å². The van der Waals surface area contributed by atoms with E-state index in [2.05, 4.69) is 16.9 Å². The fourth-order valence-corrected chi connectivity index (χ4v) is 3.06. The lowest BCUT2D eigenvalue weighted by atomic mass is 9.80. The zero-order valence-electron chi connectivity index (χ0n) is 12.0. The standard InChI is InChI=1S/C16H18FN3O/c1-9-5-7-10(8-6-9)13-15(16(18)21)19-12-4-2-3-11(17)14(12)20-13/h2-4,9-10H,5-8H2,1H3,(H2,18,21). The third-order valence-corrected chi connectivity index (χ3v) is 4.31. The van der Waals surface area contributed by atoms with E-state index in [1.165, 1.54) is 6.07 Å². The van der Waals surface area contributed by atoms with Gasteiger partial charge in [-0.1, -0.05) is 25.8 Å². The second-order valence-electron chi connectivity index (χ2n) is 5.89. The summed E-state index contributed by atoms with van der Waals surface area (Å²) in [5, 5.41) is 0. The Balaban J connectivity index is 2.12. The maximum atomic E-state index is 13.9. The first-order valence-electron chi connectivity index (χ1n) is 7.32. The molecule has 0 unspecified atom stereocenters. The Morgan fingerprint density at radius 2 is 1.95 bits per heavy atom. The van der Waals surface area contributed by atoms with Crippen LogP contribution in [0.1, 0.15) is 54.7 Å². The number of carbonyl (C=O) groups is 1. The molecule has 2 aromatic rings. The minimum atomic E-state index is -0.595. The molecule has 1 heterocycles. The van der Waals surface area contributed by atoms with E-state index in [0.29, 0.717) is 17.1 Å². The van der Waals surface area contributed by atoms with Gasteiger partial charge in [-0.05, 0) is 30.9 Å². The fourth-order valence-electron chi connectivity index (χ4n) is 3.06. The Morgan fingerprint density at radius 3 is 2.62 bits per heavy atom. The number of hydrogen-bond donors (Lipinski definition) is 1. The summed E-state index contributed by atoms with van der Waals surface area (Å²) in [6.07, 6.45) is 4.05. The van der Waals surface area contributed by atoms with Crippen LogP contribution >= 0.6 is 0 Å². The van der Waals surface area contributed by atoms with Crippen LogP contribution in [0.15, 0.2) is 18.2 Å². The van der Waals surface area contributed by atoms with Crippen LogP contribution in [-0.2, 0) is 0 Å². The van der Waals surface area contributed by atoms with Crippen molar-refractivity contribution in [3.8, 4) is 0 Å². The molecule has 1 aliphatic rings. The number of rotatable bonds is 2. The molecule has 0 radical (unpaired) electrons. The summed E-state index contributed by atoms with van der Waals surface area (Å²) in [5.41, 5.74) is 6.78. The minimum absolute atomic E-state index is 0.139. The molecule has 1 amide bonds. The van der Waals surface area contributed by atoms with Crippen molar-refractivity contribution in [3.05, 3.63) is 35.4 Å². The summed E-state index contributed by atoms with van der Waals surface area (Å²) in [6.45, 7) is 2.22. The number of nitrogens with two attached hydrogens (primary N) is 1. The Morgan fingerprint density at radius 1 is 1.24 bits per heavy atom. The number of primary amides is 1. The molecule has 0 saturated heterocycles. The van der Waals surface area contributed by atoms with E-state index >= 15 is 0 Å². The third kappa shape index (κ3) is 2.60. The van der Waals surface area contributed by atoms with E-state index in [1.54, 1.807) is 12.1 Å². The number of halogens is 1. The van der Waals surface area contributed by atoms with E-state index in [-0.39, 0.29) is 17.1 Å². The van der Waals surface area contributed by atoms with E-state index in [4.69, 9.17) is 5.73 Å². The summed E-state index contributed by atoms with van der Waals surface area (Å²) in [5.74, 6) is -0.188. The maximum Gasteiger partial charge on any atom is 0.269 e. The molecular weight excluding hydrogens is 269 g/mol. The third-order valence-electron chi connectivity index (χ3n) is 4.31. The lowest BCUT2D eigenvalue weighted by molar-refractivity contribution is 0.0993. The van der Waals surface area contributed by atoms with Crippen molar-refractivity contribution in [2.45, 2.75) is 38.5 Å². The van der Waals surface area contributed by atoms with Gasteiger partial charge in [-0.25, -0.2) is 14.4 Å². The molecule has 1 aliphatic carbocycles. The van der Waals surface area contributed by atoms with Gasteiger partial charge in [-0.3, -0.25) is 4.79 Å². The van der Waals surface area contributed by atoms with Crippen LogP contribution in [0.3, 0.4) is 0 Å². The SMILES string of the molecule is CC1CCC(c2nc3c(F)cccc3nc2C(N)=O)CC1. The van der Waals surface area contributed by atoms with Crippen LogP contribution in [0.4, 0.5) is 4.39 Å². The molecule has 1 aromatic carbocycles. The van der Waals surface area contributed by atoms with Gasteiger partial charge in [-0.2, -0.15) is 0 Å². The molecule has 110 valence electrons. The van der Waals surface area contributed by atoms with Crippen molar-refractivity contribution in [1.29, 1.82) is 0 Å². The Bertz CT molecular complexity index is 693. The molecule has 4 nitrogen and oxygen atoms in total. The molecular formula is C16H18FN3O. The van der Waals surface area contributed by atoms with Crippen molar-refractivity contribution in [2.75, 3.05) is 0 Å². The molecule has 0 atom stereocenters. The van der Waals surface area contributed by atoms with Gasteiger partial charge in [0.05, 0.1) is 11.2 Å². The van der Waals surface area contributed by atoms with E-state index in [0.717, 1.165) is 25.7 Å². The molecule has 0 aliphatic heterocycles. The average Bonchev–Trinajstić information content (AvgIpc) is 2.47. The van der Waals surface area contributed by atoms with Crippen molar-refractivity contribution in [2.24, 2.45) is 11.7 Å². The summed E-state index contributed by atoms with van der Waals surface area (Å²) in [7, 11) is 0. The number of nitrogens with zero attached hydrogens (tertiary/aromatic N) is 2. The molecule has 5 heteroatoms. The summed E-state index contributed by atoms with van der Waals surface area (Å²) in [6, 6.07) is 4.55. The highest BCUT2D eigenvalue weighted by Gasteiger charge is 2.26. The Kier molecular flexibility index (Phi) is 3.57. The lowest BCUT2D eigenvalue weighted by Gasteiger charge is -2.26. The van der Waals surface area contributed by atoms with Crippen LogP contribution in [-0.4, -0.2) is 15.9 Å². The topological polar surface area (TPSA) is 68.9 Å². The molecule has 1 fully saturated rings. The zero-order chi connectivity index (χ0) is 15.0. The first-order chi connectivity index (χ1) is 10.1. The number of para-hydroxylation sites is 1. The number of fused-ring (bicyclic) bond motifs is 1. The fraction of sp³-hybridized carbons (Fsp3) is 0.438. The first kappa shape index (κ1) is 13.9. The van der Waals surface area contributed by atoms with Crippen LogP contribution in [0, 0.1) is 11.7 Å². The van der Waals surface area contributed by atoms with Crippen molar-refractivity contribution < 1.29 is 9.18 Å². The smallest absolute Gasteiger partial charge is 0.269 e. The van der Waals surface area contributed by atoms with Gasteiger partial charge in [0, 0.05) is 5.92 Å². The molecule has 0 bridgehead atoms. The largest absolute Gasteiger partial charge is 0.364 e. The predicted octanol–water partition coefficient (Wildman–Crippen LogP) is 3.16. The first-order valence-corrected chi connectivity index (χ1v) is 7.32. The summed E-state index contributed by atoms with van der Waals surface area (Å²) < 4.78 is 13.9. The van der Waals surface area contributed by atoms with Crippen molar-refractivity contribution in [1.82, 2.24) is 9.97 Å². The van der Waals surface area contributed by atoms with Gasteiger partial charge in [0.15, 0.2) is 5.82 Å². The Labute approximate surface area is 122 Å². The number of benzene rings is 1. The molecule has 21 heavy (non-hydrogen) atoms. The second kappa shape index (κ2) is 5.39. The van der Waals surface area contributed by atoms with E-state index in [1.807, 2.05) is 0 Å². The summed E-state index contributed by atoms with van der Waals surface area (Å²) >= 11 is 0. The number of aromatic nitrogens is 2. The second-order valence-corrected chi connectivity index (χ2v) is 5.89. The maximum absolute atomic E-state index is 13.9. The average molecular weight is 287 g/mol. The highest BCUT2D eigenvalue weighted by atomic mass is 19.1. The predicted molar refractivity (Wildman–Crippen MR) is 78.4 cm³/mol. The van der Waals surface area contributed by atoms with Crippen LogP contribution in [0.25, 0.3) is 11.0 Å².